The fourth-order valence-electron chi connectivity index (χ4n) is 2.13. The average Bonchev–Trinajstić information content (AvgIpc) is 2.45. The van der Waals surface area contributed by atoms with Crippen molar-refractivity contribution in [3.63, 3.8) is 0 Å². The van der Waals surface area contributed by atoms with Gasteiger partial charge in [-0.1, -0.05) is 25.1 Å². The number of amides is 1. The number of rotatable bonds is 4. The van der Waals surface area contributed by atoms with Gasteiger partial charge in [-0.15, -0.1) is 0 Å². The van der Waals surface area contributed by atoms with Crippen molar-refractivity contribution in [2.75, 3.05) is 14.2 Å². The summed E-state index contributed by atoms with van der Waals surface area (Å²) in [5, 5.41) is 2.31. The van der Waals surface area contributed by atoms with Gasteiger partial charge < -0.3 is 9.64 Å². The molecule has 0 atom stereocenters. The van der Waals surface area contributed by atoms with Gasteiger partial charge in [0, 0.05) is 20.0 Å². The van der Waals surface area contributed by atoms with Crippen molar-refractivity contribution in [1.29, 1.82) is 0 Å². The lowest BCUT2D eigenvalue weighted by atomic mass is 10.1. The van der Waals surface area contributed by atoms with E-state index in [1.807, 2.05) is 32.2 Å². The monoisotopic (exact) mass is 257 g/mol. The summed E-state index contributed by atoms with van der Waals surface area (Å²) in [5.41, 5.74) is 1.14. The van der Waals surface area contributed by atoms with Gasteiger partial charge in [-0.3, -0.25) is 4.79 Å². The molecule has 0 heterocycles. The third-order valence-electron chi connectivity index (χ3n) is 3.26. The number of nitrogens with zero attached hydrogens (tertiary/aromatic N) is 1. The Morgan fingerprint density at radius 3 is 2.53 bits per heavy atom. The molecule has 19 heavy (non-hydrogen) atoms. The number of hydrogen-bond acceptors (Lipinski definition) is 2. The Morgan fingerprint density at radius 2 is 1.84 bits per heavy atom. The normalized spacial score (nSPS) is 10.5. The molecule has 100 valence electrons. The minimum Gasteiger partial charge on any atom is -0.497 e. The number of hydrogen-bond donors (Lipinski definition) is 0. The lowest BCUT2D eigenvalue weighted by Gasteiger charge is -2.16. The first kappa shape index (κ1) is 13.4. The average molecular weight is 257 g/mol. The number of benzene rings is 2. The molecule has 0 bridgehead atoms. The second kappa shape index (κ2) is 5.74. The third kappa shape index (κ3) is 3.05. The van der Waals surface area contributed by atoms with Gasteiger partial charge in [-0.25, -0.2) is 0 Å². The van der Waals surface area contributed by atoms with E-state index in [-0.39, 0.29) is 5.91 Å². The van der Waals surface area contributed by atoms with Crippen molar-refractivity contribution in [3.8, 4) is 5.75 Å². The lowest BCUT2D eigenvalue weighted by Crippen LogP contribution is -2.25. The molecule has 2 aromatic rings. The summed E-state index contributed by atoms with van der Waals surface area (Å²) in [6.45, 7) is 2.53. The molecule has 3 nitrogen and oxygen atoms in total. The van der Waals surface area contributed by atoms with Gasteiger partial charge in [0.2, 0.25) is 5.91 Å². The number of ether oxygens (including phenoxy) is 1. The van der Waals surface area contributed by atoms with Crippen LogP contribution in [0.2, 0.25) is 0 Å². The van der Waals surface area contributed by atoms with Gasteiger partial charge in [0.25, 0.3) is 0 Å². The molecule has 0 aliphatic carbocycles. The predicted octanol–water partition coefficient (Wildman–Crippen LogP) is 3.22. The first-order chi connectivity index (χ1) is 9.13. The molecule has 0 saturated heterocycles. The molecule has 0 unspecified atom stereocenters. The molecule has 0 spiro atoms. The summed E-state index contributed by atoms with van der Waals surface area (Å²) in [7, 11) is 3.50. The van der Waals surface area contributed by atoms with E-state index in [1.54, 1.807) is 12.0 Å². The summed E-state index contributed by atoms with van der Waals surface area (Å²) < 4.78 is 5.21. The van der Waals surface area contributed by atoms with E-state index in [1.165, 1.54) is 0 Å². The maximum Gasteiger partial charge on any atom is 0.222 e. The molecule has 0 N–H and O–H groups in total. The Hall–Kier alpha value is -2.03. The van der Waals surface area contributed by atoms with Crippen molar-refractivity contribution in [2.24, 2.45) is 0 Å². The Morgan fingerprint density at radius 1 is 1.16 bits per heavy atom. The van der Waals surface area contributed by atoms with Crippen LogP contribution >= 0.6 is 0 Å². The molecule has 0 saturated carbocycles. The van der Waals surface area contributed by atoms with Crippen LogP contribution in [0.5, 0.6) is 5.75 Å². The Labute approximate surface area is 113 Å². The lowest BCUT2D eigenvalue weighted by molar-refractivity contribution is -0.130. The van der Waals surface area contributed by atoms with Gasteiger partial charge in [-0.2, -0.15) is 0 Å². The summed E-state index contributed by atoms with van der Waals surface area (Å²) in [6, 6.07) is 12.2. The van der Waals surface area contributed by atoms with E-state index in [4.69, 9.17) is 4.74 Å². The first-order valence-electron chi connectivity index (χ1n) is 6.44. The van der Waals surface area contributed by atoms with Crippen LogP contribution in [0.4, 0.5) is 0 Å². The maximum atomic E-state index is 11.6. The van der Waals surface area contributed by atoms with E-state index in [0.717, 1.165) is 22.1 Å². The minimum absolute atomic E-state index is 0.162. The van der Waals surface area contributed by atoms with Crippen molar-refractivity contribution < 1.29 is 9.53 Å². The summed E-state index contributed by atoms with van der Waals surface area (Å²) >= 11 is 0. The van der Waals surface area contributed by atoms with Gasteiger partial charge >= 0.3 is 0 Å². The predicted molar refractivity (Wildman–Crippen MR) is 77.3 cm³/mol. The standard InChI is InChI=1S/C16H19NO2/c1-4-16(18)17(2)11-12-5-6-14-10-15(19-3)8-7-13(14)9-12/h5-10H,4,11H2,1-3H3. The van der Waals surface area contributed by atoms with Crippen LogP contribution in [-0.2, 0) is 11.3 Å². The zero-order chi connectivity index (χ0) is 13.8. The number of fused-ring (bicyclic) bond motifs is 1. The quantitative estimate of drug-likeness (QED) is 0.841. The highest BCUT2D eigenvalue weighted by molar-refractivity contribution is 5.84. The van der Waals surface area contributed by atoms with Crippen molar-refractivity contribution in [3.05, 3.63) is 42.0 Å². The molecule has 0 aliphatic rings. The Balaban J connectivity index is 2.24. The zero-order valence-corrected chi connectivity index (χ0v) is 11.6. The molecule has 1 amide bonds. The van der Waals surface area contributed by atoms with E-state index < -0.39 is 0 Å². The second-order valence-corrected chi connectivity index (χ2v) is 4.65. The van der Waals surface area contributed by atoms with E-state index in [9.17, 15) is 4.79 Å². The molecule has 0 radical (unpaired) electrons. The van der Waals surface area contributed by atoms with Crippen molar-refractivity contribution in [2.45, 2.75) is 19.9 Å². The Bertz CT molecular complexity index is 592. The highest BCUT2D eigenvalue weighted by atomic mass is 16.5. The third-order valence-corrected chi connectivity index (χ3v) is 3.26. The maximum absolute atomic E-state index is 11.6. The molecule has 0 aliphatic heterocycles. The van der Waals surface area contributed by atoms with Crippen LogP contribution in [0.1, 0.15) is 18.9 Å². The molecule has 3 heteroatoms. The van der Waals surface area contributed by atoms with Gasteiger partial charge in [-0.05, 0) is 34.5 Å². The van der Waals surface area contributed by atoms with E-state index in [2.05, 4.69) is 18.2 Å². The molecule has 0 fully saturated rings. The molecular weight excluding hydrogens is 238 g/mol. The van der Waals surface area contributed by atoms with Crippen LogP contribution < -0.4 is 4.74 Å². The largest absolute Gasteiger partial charge is 0.497 e. The second-order valence-electron chi connectivity index (χ2n) is 4.65. The SMILES string of the molecule is CCC(=O)N(C)Cc1ccc2cc(OC)ccc2c1. The highest BCUT2D eigenvalue weighted by Crippen LogP contribution is 2.22. The topological polar surface area (TPSA) is 29.5 Å². The molecule has 0 aromatic heterocycles. The fraction of sp³-hybridized carbons (Fsp3) is 0.312. The first-order valence-corrected chi connectivity index (χ1v) is 6.44. The van der Waals surface area contributed by atoms with Crippen molar-refractivity contribution >= 4 is 16.7 Å². The van der Waals surface area contributed by atoms with E-state index >= 15 is 0 Å². The minimum atomic E-state index is 0.162. The molecule has 2 rings (SSSR count). The summed E-state index contributed by atoms with van der Waals surface area (Å²) in [6.07, 6.45) is 0.543. The van der Waals surface area contributed by atoms with Gasteiger partial charge in [0.1, 0.15) is 5.75 Å². The molecule has 2 aromatic carbocycles. The Kier molecular flexibility index (Phi) is 4.05. The number of carbonyl (C=O) groups excluding carboxylic acids is 1. The van der Waals surface area contributed by atoms with Gasteiger partial charge in [0.15, 0.2) is 0 Å². The summed E-state index contributed by atoms with van der Waals surface area (Å²) in [5.74, 6) is 1.02. The number of methoxy groups -OCH3 is 1. The van der Waals surface area contributed by atoms with Crippen LogP contribution in [-0.4, -0.2) is 25.0 Å². The smallest absolute Gasteiger partial charge is 0.222 e. The molecular formula is C16H19NO2. The van der Waals surface area contributed by atoms with Crippen molar-refractivity contribution in [1.82, 2.24) is 4.90 Å². The fourth-order valence-corrected chi connectivity index (χ4v) is 2.13. The van der Waals surface area contributed by atoms with Crippen LogP contribution in [0.3, 0.4) is 0 Å². The van der Waals surface area contributed by atoms with Crippen LogP contribution in [0, 0.1) is 0 Å². The van der Waals surface area contributed by atoms with E-state index in [0.29, 0.717) is 13.0 Å². The van der Waals surface area contributed by atoms with Gasteiger partial charge in [0.05, 0.1) is 7.11 Å². The number of carbonyl (C=O) groups is 1. The highest BCUT2D eigenvalue weighted by Gasteiger charge is 2.07. The zero-order valence-electron chi connectivity index (χ0n) is 11.6. The summed E-state index contributed by atoms with van der Waals surface area (Å²) in [4.78, 5) is 13.3. The van der Waals surface area contributed by atoms with Crippen LogP contribution in [0.15, 0.2) is 36.4 Å². The van der Waals surface area contributed by atoms with Crippen LogP contribution in [0.25, 0.3) is 10.8 Å².